The molecule has 0 heterocycles. The van der Waals surface area contributed by atoms with Gasteiger partial charge in [0, 0.05) is 12.1 Å². The molecule has 0 aliphatic heterocycles. The Balaban J connectivity index is 7.15. The van der Waals surface area contributed by atoms with Crippen LogP contribution in [0.2, 0.25) is 0 Å². The van der Waals surface area contributed by atoms with Crippen molar-refractivity contribution in [1.82, 2.24) is 4.90 Å². The molecule has 0 amide bonds. The van der Waals surface area contributed by atoms with Crippen LogP contribution in [0.25, 0.3) is 0 Å². The van der Waals surface area contributed by atoms with E-state index in [0.717, 1.165) is 11.8 Å². The first-order valence-corrected chi connectivity index (χ1v) is 14.8. The molecule has 0 aliphatic rings. The fraction of sp³-hybridized carbons (Fsp3) is 1.00. The molecule has 1 heteroatoms. The molecule has 0 rings (SSSR count). The predicted molar refractivity (Wildman–Crippen MR) is 153 cm³/mol. The van der Waals surface area contributed by atoms with Crippen LogP contribution < -0.4 is 0 Å². The zero-order valence-corrected chi connectivity index (χ0v) is 26.0. The van der Waals surface area contributed by atoms with Crippen molar-refractivity contribution in [3.8, 4) is 0 Å². The van der Waals surface area contributed by atoms with Crippen molar-refractivity contribution in [3.63, 3.8) is 0 Å². The molecule has 0 aromatic rings. The summed E-state index contributed by atoms with van der Waals surface area (Å²) in [4.78, 5) is 3.05. The van der Waals surface area contributed by atoms with Crippen LogP contribution in [0, 0.1) is 34.0 Å². The van der Waals surface area contributed by atoms with Crippen molar-refractivity contribution >= 4 is 0 Å². The van der Waals surface area contributed by atoms with Crippen LogP contribution >= 0.6 is 0 Å². The Kier molecular flexibility index (Phi) is 13.9. The first-order valence-electron chi connectivity index (χ1n) is 14.8. The van der Waals surface area contributed by atoms with Gasteiger partial charge in [-0.15, -0.1) is 0 Å². The molecule has 0 bridgehead atoms. The summed E-state index contributed by atoms with van der Waals surface area (Å²) in [6.07, 6.45) is 11.9. The first-order chi connectivity index (χ1) is 15.0. The van der Waals surface area contributed by atoms with E-state index in [1.165, 1.54) is 70.9 Å². The number of unbranched alkanes of at least 4 members (excludes halogenated alkanes) is 2. The minimum atomic E-state index is 0.237. The highest BCUT2D eigenvalue weighted by molar-refractivity contribution is 5.12. The van der Waals surface area contributed by atoms with Crippen LogP contribution in [0.1, 0.15) is 155 Å². The van der Waals surface area contributed by atoms with E-state index in [-0.39, 0.29) is 11.0 Å². The molecular weight excluding hydrogens is 398 g/mol. The lowest BCUT2D eigenvalue weighted by Crippen LogP contribution is -2.67. The van der Waals surface area contributed by atoms with Gasteiger partial charge in [0.25, 0.3) is 0 Å². The molecule has 1 nitrogen and oxygen atoms in total. The zero-order valence-electron chi connectivity index (χ0n) is 26.0. The highest BCUT2D eigenvalue weighted by Gasteiger charge is 2.60. The zero-order chi connectivity index (χ0) is 26.1. The summed E-state index contributed by atoms with van der Waals surface area (Å²) in [5.41, 5.74) is 1.10. The maximum absolute atomic E-state index is 3.05. The Morgan fingerprint density at radius 3 is 1.61 bits per heavy atom. The van der Waals surface area contributed by atoms with Crippen LogP contribution in [-0.4, -0.2) is 23.5 Å². The molecule has 0 aromatic carbocycles. The molecule has 0 saturated carbocycles. The van der Waals surface area contributed by atoms with Gasteiger partial charge in [-0.05, 0) is 72.6 Å². The predicted octanol–water partition coefficient (Wildman–Crippen LogP) is 10.6. The number of hydrogen-bond donors (Lipinski definition) is 0. The molecule has 0 aliphatic carbocycles. The summed E-state index contributed by atoms with van der Waals surface area (Å²) in [6, 6.07) is 0. The lowest BCUT2D eigenvalue weighted by molar-refractivity contribution is -0.157. The fourth-order valence-electron chi connectivity index (χ4n) is 7.09. The third-order valence-electron chi connectivity index (χ3n) is 8.76. The third-order valence-corrected chi connectivity index (χ3v) is 8.76. The molecule has 3 unspecified atom stereocenters. The molecule has 200 valence electrons. The average molecular weight is 466 g/mol. The van der Waals surface area contributed by atoms with Crippen molar-refractivity contribution in [2.75, 3.05) is 13.1 Å². The van der Waals surface area contributed by atoms with E-state index in [1.54, 1.807) is 0 Å². The molecule has 0 N–H and O–H groups in total. The summed E-state index contributed by atoms with van der Waals surface area (Å²) in [6.45, 7) is 37.2. The van der Waals surface area contributed by atoms with E-state index in [9.17, 15) is 0 Å². The number of rotatable bonds is 16. The van der Waals surface area contributed by atoms with Gasteiger partial charge in [0.1, 0.15) is 0 Å². The lowest BCUT2D eigenvalue weighted by atomic mass is 9.46. The normalized spacial score (nSPS) is 18.1. The SMILES string of the molecule is CCCCCC(C(C)CC)(C(C)(C)C)C(CC)(CCC(C)C)N(CCC(C)C)CC(C)(C)C. The van der Waals surface area contributed by atoms with Gasteiger partial charge in [-0.3, -0.25) is 4.90 Å². The quantitative estimate of drug-likeness (QED) is 0.205. The summed E-state index contributed by atoms with van der Waals surface area (Å²) in [5.74, 6) is 2.21. The molecule has 0 spiro atoms. The highest BCUT2D eigenvalue weighted by atomic mass is 15.2. The van der Waals surface area contributed by atoms with Crippen molar-refractivity contribution < 1.29 is 0 Å². The topological polar surface area (TPSA) is 3.24 Å². The van der Waals surface area contributed by atoms with Crippen LogP contribution in [-0.2, 0) is 0 Å². The van der Waals surface area contributed by atoms with Crippen LogP contribution in [0.15, 0.2) is 0 Å². The Bertz CT molecular complexity index is 506. The summed E-state index contributed by atoms with van der Waals surface area (Å²) in [7, 11) is 0. The monoisotopic (exact) mass is 466 g/mol. The van der Waals surface area contributed by atoms with E-state index in [2.05, 4.69) is 102 Å². The van der Waals surface area contributed by atoms with Crippen LogP contribution in [0.4, 0.5) is 0 Å². The Morgan fingerprint density at radius 2 is 1.24 bits per heavy atom. The Morgan fingerprint density at radius 1 is 0.697 bits per heavy atom. The molecule has 0 saturated heterocycles. The van der Waals surface area contributed by atoms with Gasteiger partial charge in [-0.1, -0.05) is 123 Å². The largest absolute Gasteiger partial charge is 0.297 e. The van der Waals surface area contributed by atoms with Gasteiger partial charge in [0.05, 0.1) is 0 Å². The van der Waals surface area contributed by atoms with E-state index in [0.29, 0.717) is 16.7 Å². The Labute approximate surface area is 212 Å². The smallest absolute Gasteiger partial charge is 0.0271 e. The first kappa shape index (κ1) is 33.0. The highest BCUT2D eigenvalue weighted by Crippen LogP contribution is 2.61. The van der Waals surface area contributed by atoms with Gasteiger partial charge < -0.3 is 0 Å². The molecule has 0 fully saturated rings. The second-order valence-corrected chi connectivity index (χ2v) is 14.5. The van der Waals surface area contributed by atoms with Gasteiger partial charge in [0.15, 0.2) is 0 Å². The molecular formula is C32H67N. The maximum atomic E-state index is 3.05. The second kappa shape index (κ2) is 13.9. The standard InChI is InChI=1S/C32H67N/c1-15-18-19-22-32(28(8)16-2,30(12,13)14)31(17-3,23-20-26(4)5)33(24-21-27(6)7)25-29(9,10)11/h26-28H,15-25H2,1-14H3. The summed E-state index contributed by atoms with van der Waals surface area (Å²) < 4.78 is 0. The lowest BCUT2D eigenvalue weighted by Gasteiger charge is -2.66. The van der Waals surface area contributed by atoms with Crippen molar-refractivity contribution in [1.29, 1.82) is 0 Å². The van der Waals surface area contributed by atoms with Crippen LogP contribution in [0.5, 0.6) is 0 Å². The maximum Gasteiger partial charge on any atom is 0.0271 e. The van der Waals surface area contributed by atoms with Gasteiger partial charge in [-0.25, -0.2) is 0 Å². The third kappa shape index (κ3) is 8.84. The van der Waals surface area contributed by atoms with E-state index in [1.807, 2.05) is 0 Å². The molecule has 33 heavy (non-hydrogen) atoms. The van der Waals surface area contributed by atoms with Gasteiger partial charge in [0.2, 0.25) is 0 Å². The summed E-state index contributed by atoms with van der Waals surface area (Å²) in [5, 5.41) is 0. The van der Waals surface area contributed by atoms with Gasteiger partial charge in [-0.2, -0.15) is 0 Å². The second-order valence-electron chi connectivity index (χ2n) is 14.5. The fourth-order valence-corrected chi connectivity index (χ4v) is 7.09. The molecule has 0 aromatic heterocycles. The average Bonchev–Trinajstić information content (AvgIpc) is 2.67. The van der Waals surface area contributed by atoms with Crippen molar-refractivity contribution in [2.24, 2.45) is 34.0 Å². The number of hydrogen-bond acceptors (Lipinski definition) is 1. The van der Waals surface area contributed by atoms with Gasteiger partial charge >= 0.3 is 0 Å². The minimum absolute atomic E-state index is 0.237. The summed E-state index contributed by atoms with van der Waals surface area (Å²) >= 11 is 0. The van der Waals surface area contributed by atoms with Crippen molar-refractivity contribution in [3.05, 3.63) is 0 Å². The van der Waals surface area contributed by atoms with Crippen molar-refractivity contribution in [2.45, 2.75) is 160 Å². The van der Waals surface area contributed by atoms with E-state index >= 15 is 0 Å². The van der Waals surface area contributed by atoms with E-state index in [4.69, 9.17) is 0 Å². The minimum Gasteiger partial charge on any atom is -0.297 e. The Hall–Kier alpha value is -0.0400. The number of nitrogens with zero attached hydrogens (tertiary/aromatic N) is 1. The molecule has 0 radical (unpaired) electrons. The van der Waals surface area contributed by atoms with E-state index < -0.39 is 0 Å². The molecule has 3 atom stereocenters. The van der Waals surface area contributed by atoms with Crippen LogP contribution in [0.3, 0.4) is 0 Å².